The minimum atomic E-state index is -2.89. The molecule has 1 saturated heterocycles. The van der Waals surface area contributed by atoms with Gasteiger partial charge in [0, 0.05) is 30.1 Å². The van der Waals surface area contributed by atoms with Gasteiger partial charge in [0.15, 0.2) is 0 Å². The van der Waals surface area contributed by atoms with Gasteiger partial charge in [0.25, 0.3) is 11.5 Å². The van der Waals surface area contributed by atoms with Gasteiger partial charge in [0.1, 0.15) is 17.8 Å². The Labute approximate surface area is 239 Å². The molecule has 2 aromatic heterocycles. The van der Waals surface area contributed by atoms with Gasteiger partial charge in [-0.05, 0) is 75.9 Å². The van der Waals surface area contributed by atoms with Crippen LogP contribution in [0.15, 0.2) is 41.5 Å². The molecule has 41 heavy (non-hydrogen) atoms. The van der Waals surface area contributed by atoms with Gasteiger partial charge in [0.2, 0.25) is 0 Å². The van der Waals surface area contributed by atoms with Crippen molar-refractivity contribution in [3.8, 4) is 6.07 Å². The summed E-state index contributed by atoms with van der Waals surface area (Å²) in [5.41, 5.74) is 0.947. The van der Waals surface area contributed by atoms with E-state index in [0.717, 1.165) is 63.7 Å². The van der Waals surface area contributed by atoms with E-state index in [4.69, 9.17) is 0 Å². The Morgan fingerprint density at radius 1 is 0.951 bits per heavy atom. The average Bonchev–Trinajstić information content (AvgIpc) is 3.79. The lowest BCUT2D eigenvalue weighted by Gasteiger charge is -2.36. The van der Waals surface area contributed by atoms with Crippen LogP contribution in [0, 0.1) is 17.2 Å². The van der Waals surface area contributed by atoms with Crippen molar-refractivity contribution in [2.75, 3.05) is 25.0 Å². The third kappa shape index (κ3) is 5.59. The van der Waals surface area contributed by atoms with E-state index in [0.29, 0.717) is 61.2 Å². The molecular weight excluding hydrogens is 522 g/mol. The molecule has 1 saturated carbocycles. The predicted molar refractivity (Wildman–Crippen MR) is 155 cm³/mol. The van der Waals surface area contributed by atoms with Gasteiger partial charge in [-0.25, -0.2) is 18.7 Å². The molecule has 0 amide bonds. The van der Waals surface area contributed by atoms with E-state index in [1.54, 1.807) is 22.8 Å². The smallest absolute Gasteiger partial charge is 0.276 e. The largest absolute Gasteiger partial charge is 0.365 e. The van der Waals surface area contributed by atoms with E-state index < -0.39 is 17.3 Å². The number of halogens is 2. The highest BCUT2D eigenvalue weighted by atomic mass is 19.3. The molecule has 2 fully saturated rings. The Morgan fingerprint density at radius 3 is 2.41 bits per heavy atom. The lowest BCUT2D eigenvalue weighted by molar-refractivity contribution is -0.0855. The molecule has 216 valence electrons. The van der Waals surface area contributed by atoms with Gasteiger partial charge in [-0.3, -0.25) is 9.36 Å². The average molecular weight is 561 g/mol. The lowest BCUT2D eigenvalue weighted by Crippen LogP contribution is -2.40. The Kier molecular flexibility index (Phi) is 7.78. The SMILES string of the molecule is N#CC1(c2cc3c4ncnc3n(c2=O)CCCCCCCCN2CCC(CC2)C(F)(F)c2cccc(c2)CN4)CC1. The van der Waals surface area contributed by atoms with E-state index in [1.807, 2.05) is 6.07 Å². The Balaban J connectivity index is 1.35. The van der Waals surface area contributed by atoms with Gasteiger partial charge < -0.3 is 10.2 Å². The first kappa shape index (κ1) is 27.8. The second kappa shape index (κ2) is 11.5. The van der Waals surface area contributed by atoms with Crippen molar-refractivity contribution in [1.29, 1.82) is 5.26 Å². The van der Waals surface area contributed by atoms with Crippen molar-refractivity contribution in [3.05, 3.63) is 63.7 Å². The zero-order valence-corrected chi connectivity index (χ0v) is 23.5. The molecule has 5 heterocycles. The summed E-state index contributed by atoms with van der Waals surface area (Å²) in [6, 6.07) is 10.8. The molecule has 1 N–H and O–H groups in total. The van der Waals surface area contributed by atoms with Crippen LogP contribution in [0.2, 0.25) is 0 Å². The van der Waals surface area contributed by atoms with Crippen molar-refractivity contribution in [2.45, 2.75) is 88.6 Å². The van der Waals surface area contributed by atoms with Crippen LogP contribution in [0.25, 0.3) is 11.0 Å². The first-order chi connectivity index (χ1) is 19.9. The Morgan fingerprint density at radius 2 is 1.68 bits per heavy atom. The van der Waals surface area contributed by atoms with Crippen molar-refractivity contribution >= 4 is 16.9 Å². The summed E-state index contributed by atoms with van der Waals surface area (Å²) in [6.45, 7) is 3.26. The van der Waals surface area contributed by atoms with Crippen LogP contribution < -0.4 is 10.9 Å². The first-order valence-corrected chi connectivity index (χ1v) is 15.1. The maximum atomic E-state index is 15.7. The summed E-state index contributed by atoms with van der Waals surface area (Å²) < 4.78 is 33.1. The number of nitrogens with zero attached hydrogens (tertiary/aromatic N) is 5. The highest BCUT2D eigenvalue weighted by Gasteiger charge is 2.47. The van der Waals surface area contributed by atoms with Crippen LogP contribution in [0.5, 0.6) is 0 Å². The molecule has 7 rings (SSSR count). The minimum Gasteiger partial charge on any atom is -0.365 e. The van der Waals surface area contributed by atoms with Crippen molar-refractivity contribution in [3.63, 3.8) is 0 Å². The molecule has 1 aliphatic carbocycles. The maximum Gasteiger partial charge on any atom is 0.276 e. The number of alkyl halides is 2. The summed E-state index contributed by atoms with van der Waals surface area (Å²) in [5, 5.41) is 13.9. The van der Waals surface area contributed by atoms with Gasteiger partial charge in [-0.2, -0.15) is 5.26 Å². The van der Waals surface area contributed by atoms with Gasteiger partial charge >= 0.3 is 0 Å². The first-order valence-electron chi connectivity index (χ1n) is 15.1. The lowest BCUT2D eigenvalue weighted by atomic mass is 9.86. The van der Waals surface area contributed by atoms with Crippen LogP contribution in [0.1, 0.15) is 80.9 Å². The van der Waals surface area contributed by atoms with Crippen LogP contribution >= 0.6 is 0 Å². The molecule has 0 atom stereocenters. The Hall–Kier alpha value is -3.38. The highest BCUT2D eigenvalue weighted by Crippen LogP contribution is 2.47. The molecular formula is C32H38F2N6O. The summed E-state index contributed by atoms with van der Waals surface area (Å²) in [6.07, 6.45) is 10.1. The number of aryl methyl sites for hydroxylation is 1. The normalized spacial score (nSPS) is 24.5. The number of benzene rings is 1. The van der Waals surface area contributed by atoms with Gasteiger partial charge in [-0.15, -0.1) is 0 Å². The van der Waals surface area contributed by atoms with E-state index in [9.17, 15) is 10.1 Å². The second-order valence-corrected chi connectivity index (χ2v) is 12.1. The summed E-state index contributed by atoms with van der Waals surface area (Å²) in [5.74, 6) is -3.01. The third-order valence-electron chi connectivity index (χ3n) is 9.34. The molecule has 9 heteroatoms. The van der Waals surface area contributed by atoms with Crippen LogP contribution in [0.3, 0.4) is 0 Å². The topological polar surface area (TPSA) is 86.8 Å². The number of aromatic nitrogens is 3. The molecule has 8 bridgehead atoms. The number of fused-ring (bicyclic) bond motifs is 10. The molecule has 0 spiro atoms. The van der Waals surface area contributed by atoms with Crippen LogP contribution in [0.4, 0.5) is 14.6 Å². The summed E-state index contributed by atoms with van der Waals surface area (Å²) in [4.78, 5) is 24.9. The van der Waals surface area contributed by atoms with Gasteiger partial charge in [-0.1, -0.05) is 43.9 Å². The number of nitriles is 1. The Bertz CT molecular complexity index is 1500. The molecule has 0 radical (unpaired) electrons. The quantitative estimate of drug-likeness (QED) is 0.386. The van der Waals surface area contributed by atoms with Crippen LogP contribution in [-0.4, -0.2) is 39.1 Å². The third-order valence-corrected chi connectivity index (χ3v) is 9.34. The predicted octanol–water partition coefficient (Wildman–Crippen LogP) is 6.12. The summed E-state index contributed by atoms with van der Waals surface area (Å²) in [7, 11) is 0. The second-order valence-electron chi connectivity index (χ2n) is 12.1. The number of anilines is 1. The molecule has 4 aliphatic rings. The number of pyridine rings is 1. The minimum absolute atomic E-state index is 0.0609. The van der Waals surface area contributed by atoms with E-state index in [1.165, 1.54) is 12.4 Å². The molecule has 7 nitrogen and oxygen atoms in total. The van der Waals surface area contributed by atoms with Crippen molar-refractivity contribution in [1.82, 2.24) is 19.4 Å². The molecule has 0 unspecified atom stereocenters. The molecule has 1 aromatic carbocycles. The standard InChI is InChI=1S/C32H38F2N6O/c33-32(34)24-10-16-39(17-11-24)14-5-3-1-2-4-6-15-40-29-26(19-27(30(40)41)31(21-35)12-13-31)28(37-22-38-29)36-20-23-8-7-9-25(32)18-23/h7-9,18-19,22,24H,1-6,10-17,20H2,(H,36,37,38). The van der Waals surface area contributed by atoms with E-state index in [-0.39, 0.29) is 11.1 Å². The molecule has 3 aromatic rings. The zero-order valence-electron chi connectivity index (χ0n) is 23.5. The van der Waals surface area contributed by atoms with Crippen LogP contribution in [-0.2, 0) is 24.4 Å². The summed E-state index contributed by atoms with van der Waals surface area (Å²) >= 11 is 0. The van der Waals surface area contributed by atoms with E-state index in [2.05, 4.69) is 26.3 Å². The molecule has 3 aliphatic heterocycles. The number of rotatable bonds is 1. The highest BCUT2D eigenvalue weighted by molar-refractivity contribution is 5.87. The maximum absolute atomic E-state index is 15.7. The fourth-order valence-corrected chi connectivity index (χ4v) is 6.58. The van der Waals surface area contributed by atoms with Crippen molar-refractivity contribution < 1.29 is 8.78 Å². The monoisotopic (exact) mass is 560 g/mol. The number of hydrogen-bond donors (Lipinski definition) is 1. The van der Waals surface area contributed by atoms with Gasteiger partial charge in [0.05, 0.1) is 16.9 Å². The number of piperidine rings is 1. The van der Waals surface area contributed by atoms with E-state index >= 15 is 8.78 Å². The fraction of sp³-hybridized carbons (Fsp3) is 0.562. The van der Waals surface area contributed by atoms with Crippen molar-refractivity contribution in [2.24, 2.45) is 5.92 Å². The number of nitrogens with one attached hydrogen (secondary N) is 1. The fourth-order valence-electron chi connectivity index (χ4n) is 6.58. The zero-order chi connectivity index (χ0) is 28.5. The number of hydrogen-bond acceptors (Lipinski definition) is 6.